The summed E-state index contributed by atoms with van der Waals surface area (Å²) in [6, 6.07) is 8.26. The van der Waals surface area contributed by atoms with Crippen molar-refractivity contribution in [3.63, 3.8) is 0 Å². The van der Waals surface area contributed by atoms with E-state index in [0.29, 0.717) is 19.6 Å². The summed E-state index contributed by atoms with van der Waals surface area (Å²) < 4.78 is 40.7. The van der Waals surface area contributed by atoms with Crippen molar-refractivity contribution in [2.45, 2.75) is 25.2 Å². The minimum Gasteiger partial charge on any atom is -0.371 e. The molecule has 0 aromatic heterocycles. The summed E-state index contributed by atoms with van der Waals surface area (Å²) in [4.78, 5) is 2.10. The molecular weight excluding hydrogens is 269 g/mol. The standard InChI is InChI=1S/C14H19F3N2O/c15-14(16,17)10-20-6-5-19-9-12-4-2-1-3-11(12)7-13(19)8-18/h1-4,13H,5-10,18H2. The zero-order valence-corrected chi connectivity index (χ0v) is 11.2. The number of ether oxygens (including phenoxy) is 1. The number of hydrogen-bond acceptors (Lipinski definition) is 3. The van der Waals surface area contributed by atoms with Crippen molar-refractivity contribution in [2.75, 3.05) is 26.3 Å². The molecule has 0 saturated heterocycles. The number of halogens is 3. The van der Waals surface area contributed by atoms with E-state index in [1.165, 1.54) is 11.1 Å². The fourth-order valence-electron chi connectivity index (χ4n) is 2.51. The quantitative estimate of drug-likeness (QED) is 0.842. The third-order valence-electron chi connectivity index (χ3n) is 3.52. The van der Waals surface area contributed by atoms with E-state index in [-0.39, 0.29) is 12.6 Å². The molecule has 0 fully saturated rings. The Morgan fingerprint density at radius 3 is 2.60 bits per heavy atom. The largest absolute Gasteiger partial charge is 0.411 e. The Balaban J connectivity index is 1.88. The molecule has 1 unspecified atom stereocenters. The van der Waals surface area contributed by atoms with E-state index in [0.717, 1.165) is 6.42 Å². The molecule has 1 atom stereocenters. The SMILES string of the molecule is NCC1Cc2ccccc2CN1CCOCC(F)(F)F. The lowest BCUT2D eigenvalue weighted by molar-refractivity contribution is -0.175. The number of nitrogens with zero attached hydrogens (tertiary/aromatic N) is 1. The number of rotatable bonds is 5. The van der Waals surface area contributed by atoms with Gasteiger partial charge in [-0.25, -0.2) is 0 Å². The Morgan fingerprint density at radius 1 is 1.25 bits per heavy atom. The molecule has 112 valence electrons. The normalized spacial score (nSPS) is 19.9. The first-order valence-corrected chi connectivity index (χ1v) is 6.65. The predicted molar refractivity (Wildman–Crippen MR) is 70.3 cm³/mol. The number of benzene rings is 1. The second kappa shape index (κ2) is 6.56. The maximum Gasteiger partial charge on any atom is 0.411 e. The van der Waals surface area contributed by atoms with Gasteiger partial charge in [0.05, 0.1) is 6.61 Å². The van der Waals surface area contributed by atoms with E-state index in [2.05, 4.69) is 15.7 Å². The van der Waals surface area contributed by atoms with Gasteiger partial charge in [0.2, 0.25) is 0 Å². The lowest BCUT2D eigenvalue weighted by atomic mass is 9.94. The topological polar surface area (TPSA) is 38.5 Å². The van der Waals surface area contributed by atoms with E-state index in [9.17, 15) is 13.2 Å². The van der Waals surface area contributed by atoms with Gasteiger partial charge in [0.25, 0.3) is 0 Å². The first-order chi connectivity index (χ1) is 9.49. The van der Waals surface area contributed by atoms with Gasteiger partial charge in [0, 0.05) is 25.7 Å². The van der Waals surface area contributed by atoms with E-state index >= 15 is 0 Å². The molecule has 0 spiro atoms. The minimum atomic E-state index is -4.26. The van der Waals surface area contributed by atoms with Gasteiger partial charge in [-0.3, -0.25) is 4.90 Å². The molecule has 0 saturated carbocycles. The number of fused-ring (bicyclic) bond motifs is 1. The molecule has 0 aliphatic carbocycles. The summed E-state index contributed by atoms with van der Waals surface area (Å²) >= 11 is 0. The van der Waals surface area contributed by atoms with Crippen molar-refractivity contribution in [3.8, 4) is 0 Å². The Hall–Kier alpha value is -1.11. The van der Waals surface area contributed by atoms with E-state index < -0.39 is 12.8 Å². The van der Waals surface area contributed by atoms with Crippen LogP contribution >= 0.6 is 0 Å². The highest BCUT2D eigenvalue weighted by Crippen LogP contribution is 2.22. The van der Waals surface area contributed by atoms with Crippen molar-refractivity contribution in [1.82, 2.24) is 4.90 Å². The van der Waals surface area contributed by atoms with E-state index in [4.69, 9.17) is 5.73 Å². The molecule has 1 aliphatic heterocycles. The van der Waals surface area contributed by atoms with Crippen molar-refractivity contribution in [1.29, 1.82) is 0 Å². The smallest absolute Gasteiger partial charge is 0.371 e. The molecule has 1 aromatic rings. The maximum atomic E-state index is 12.0. The molecule has 0 bridgehead atoms. The molecule has 3 nitrogen and oxygen atoms in total. The fourth-order valence-corrected chi connectivity index (χ4v) is 2.51. The fraction of sp³-hybridized carbons (Fsp3) is 0.571. The van der Waals surface area contributed by atoms with Crippen LogP contribution < -0.4 is 5.73 Å². The molecular formula is C14H19F3N2O. The minimum absolute atomic E-state index is 0.0676. The average molecular weight is 288 g/mol. The predicted octanol–water partition coefficient (Wildman–Crippen LogP) is 1.95. The molecule has 6 heteroatoms. The Bertz CT molecular complexity index is 437. The Kier molecular flexibility index (Phi) is 5.01. The molecule has 1 heterocycles. The highest BCUT2D eigenvalue weighted by Gasteiger charge is 2.28. The van der Waals surface area contributed by atoms with Crippen LogP contribution in [-0.2, 0) is 17.7 Å². The maximum absolute atomic E-state index is 12.0. The van der Waals surface area contributed by atoms with E-state index in [1.807, 2.05) is 18.2 Å². The van der Waals surface area contributed by atoms with Crippen molar-refractivity contribution >= 4 is 0 Å². The highest BCUT2D eigenvalue weighted by atomic mass is 19.4. The summed E-state index contributed by atoms with van der Waals surface area (Å²) in [5, 5.41) is 0. The molecule has 1 aliphatic rings. The van der Waals surface area contributed by atoms with Crippen LogP contribution in [0.4, 0.5) is 13.2 Å². The Labute approximate surface area is 116 Å². The molecule has 20 heavy (non-hydrogen) atoms. The van der Waals surface area contributed by atoms with Crippen LogP contribution in [0.25, 0.3) is 0 Å². The van der Waals surface area contributed by atoms with Crippen LogP contribution in [0.1, 0.15) is 11.1 Å². The van der Waals surface area contributed by atoms with Crippen LogP contribution in [-0.4, -0.2) is 43.4 Å². The van der Waals surface area contributed by atoms with Gasteiger partial charge in [-0.2, -0.15) is 13.2 Å². The van der Waals surface area contributed by atoms with Crippen LogP contribution in [0.15, 0.2) is 24.3 Å². The van der Waals surface area contributed by atoms with E-state index in [1.54, 1.807) is 0 Å². The summed E-state index contributed by atoms with van der Waals surface area (Å²) in [5.74, 6) is 0. The van der Waals surface area contributed by atoms with Crippen LogP contribution in [0.2, 0.25) is 0 Å². The van der Waals surface area contributed by atoms with Gasteiger partial charge in [0.15, 0.2) is 0 Å². The summed E-state index contributed by atoms with van der Waals surface area (Å²) in [6.45, 7) is 0.552. The number of nitrogens with two attached hydrogens (primary N) is 1. The monoisotopic (exact) mass is 288 g/mol. The first kappa shape index (κ1) is 15.3. The van der Waals surface area contributed by atoms with Gasteiger partial charge in [-0.05, 0) is 17.5 Å². The van der Waals surface area contributed by atoms with Gasteiger partial charge in [-0.15, -0.1) is 0 Å². The Morgan fingerprint density at radius 2 is 1.95 bits per heavy atom. The van der Waals surface area contributed by atoms with Gasteiger partial charge in [0.1, 0.15) is 6.61 Å². The summed E-state index contributed by atoms with van der Waals surface area (Å²) in [5.41, 5.74) is 8.25. The first-order valence-electron chi connectivity index (χ1n) is 6.65. The van der Waals surface area contributed by atoms with Gasteiger partial charge < -0.3 is 10.5 Å². The third kappa shape index (κ3) is 4.19. The van der Waals surface area contributed by atoms with Gasteiger partial charge >= 0.3 is 6.18 Å². The lowest BCUT2D eigenvalue weighted by Crippen LogP contribution is -2.46. The highest BCUT2D eigenvalue weighted by molar-refractivity contribution is 5.30. The van der Waals surface area contributed by atoms with Crippen LogP contribution in [0.5, 0.6) is 0 Å². The molecule has 0 amide bonds. The second-order valence-corrected chi connectivity index (χ2v) is 5.00. The molecule has 1 aromatic carbocycles. The van der Waals surface area contributed by atoms with Crippen molar-refractivity contribution < 1.29 is 17.9 Å². The molecule has 0 radical (unpaired) electrons. The number of hydrogen-bond donors (Lipinski definition) is 1. The van der Waals surface area contributed by atoms with Crippen LogP contribution in [0, 0.1) is 0 Å². The third-order valence-corrected chi connectivity index (χ3v) is 3.52. The van der Waals surface area contributed by atoms with Gasteiger partial charge in [-0.1, -0.05) is 24.3 Å². The van der Waals surface area contributed by atoms with Crippen LogP contribution in [0.3, 0.4) is 0 Å². The lowest BCUT2D eigenvalue weighted by Gasteiger charge is -2.36. The molecule has 2 rings (SSSR count). The second-order valence-electron chi connectivity index (χ2n) is 5.00. The zero-order valence-electron chi connectivity index (χ0n) is 11.2. The summed E-state index contributed by atoms with van der Waals surface area (Å²) in [6.07, 6.45) is -3.42. The summed E-state index contributed by atoms with van der Waals surface area (Å²) in [7, 11) is 0. The molecule has 2 N–H and O–H groups in total. The number of alkyl halides is 3. The van der Waals surface area contributed by atoms with Crippen molar-refractivity contribution in [2.24, 2.45) is 5.73 Å². The van der Waals surface area contributed by atoms with Crippen molar-refractivity contribution in [3.05, 3.63) is 35.4 Å². The zero-order chi connectivity index (χ0) is 14.6. The average Bonchev–Trinajstić information content (AvgIpc) is 2.41.